The lowest BCUT2D eigenvalue weighted by Crippen LogP contribution is -2.35. The summed E-state index contributed by atoms with van der Waals surface area (Å²) in [6.45, 7) is 0. The van der Waals surface area contributed by atoms with Crippen LogP contribution < -0.4 is 5.73 Å². The van der Waals surface area contributed by atoms with E-state index in [0.717, 1.165) is 12.8 Å². The molecule has 0 saturated heterocycles. The SMILES string of the molecule is NC1(C(=O)O)[C@@H]2CC[C@@H]21. The van der Waals surface area contributed by atoms with E-state index in [0.29, 0.717) is 11.8 Å². The van der Waals surface area contributed by atoms with Crippen LogP contribution in [0.2, 0.25) is 0 Å². The second-order valence-corrected chi connectivity index (χ2v) is 3.03. The van der Waals surface area contributed by atoms with Crippen molar-refractivity contribution < 1.29 is 9.90 Å². The van der Waals surface area contributed by atoms with Gasteiger partial charge in [0.05, 0.1) is 0 Å². The van der Waals surface area contributed by atoms with Gasteiger partial charge in [0.2, 0.25) is 0 Å². The van der Waals surface area contributed by atoms with Crippen LogP contribution in [0, 0.1) is 11.8 Å². The fourth-order valence-electron chi connectivity index (χ4n) is 1.86. The van der Waals surface area contributed by atoms with Gasteiger partial charge in [-0.3, -0.25) is 4.79 Å². The normalized spacial score (nSPS) is 53.4. The molecule has 0 spiro atoms. The molecule has 2 saturated carbocycles. The Morgan fingerprint density at radius 1 is 1.56 bits per heavy atom. The maximum Gasteiger partial charge on any atom is 0.324 e. The molecular weight excluding hydrogens is 118 g/mol. The quantitative estimate of drug-likeness (QED) is 0.513. The number of nitrogens with two attached hydrogens (primary N) is 1. The molecule has 9 heavy (non-hydrogen) atoms. The topological polar surface area (TPSA) is 63.3 Å². The molecule has 2 aliphatic carbocycles. The summed E-state index contributed by atoms with van der Waals surface area (Å²) in [6, 6.07) is 0. The van der Waals surface area contributed by atoms with Crippen molar-refractivity contribution in [3.63, 3.8) is 0 Å². The molecule has 2 aliphatic rings. The molecule has 0 heterocycles. The Bertz CT molecular complexity index is 168. The summed E-state index contributed by atoms with van der Waals surface area (Å²) in [6.07, 6.45) is 2.04. The molecule has 0 aliphatic heterocycles. The van der Waals surface area contributed by atoms with Crippen LogP contribution in [0.5, 0.6) is 0 Å². The largest absolute Gasteiger partial charge is 0.480 e. The fourth-order valence-corrected chi connectivity index (χ4v) is 1.86. The monoisotopic (exact) mass is 127 g/mol. The van der Waals surface area contributed by atoms with Crippen LogP contribution in [0.15, 0.2) is 0 Å². The molecule has 3 nitrogen and oxygen atoms in total. The van der Waals surface area contributed by atoms with Crippen molar-refractivity contribution >= 4 is 5.97 Å². The van der Waals surface area contributed by atoms with Gasteiger partial charge in [-0.15, -0.1) is 0 Å². The van der Waals surface area contributed by atoms with E-state index in [1.807, 2.05) is 0 Å². The Kier molecular flexibility index (Phi) is 0.662. The summed E-state index contributed by atoms with van der Waals surface area (Å²) < 4.78 is 0. The Labute approximate surface area is 52.8 Å². The van der Waals surface area contributed by atoms with Gasteiger partial charge in [-0.05, 0) is 24.7 Å². The Balaban J connectivity index is 2.20. The second kappa shape index (κ2) is 1.14. The summed E-state index contributed by atoms with van der Waals surface area (Å²) in [7, 11) is 0. The average molecular weight is 127 g/mol. The third-order valence-electron chi connectivity index (χ3n) is 2.76. The van der Waals surface area contributed by atoms with Crippen LogP contribution in [0.1, 0.15) is 12.8 Å². The van der Waals surface area contributed by atoms with E-state index in [4.69, 9.17) is 10.8 Å². The van der Waals surface area contributed by atoms with Crippen molar-refractivity contribution in [2.45, 2.75) is 18.4 Å². The lowest BCUT2D eigenvalue weighted by Gasteiger charge is -2.03. The summed E-state index contributed by atoms with van der Waals surface area (Å²) in [4.78, 5) is 10.4. The Morgan fingerprint density at radius 3 is 2.11 bits per heavy atom. The average Bonchev–Trinajstić information content (AvgIpc) is 1.99. The predicted octanol–water partition coefficient (Wildman–Crippen LogP) is -0.192. The van der Waals surface area contributed by atoms with Gasteiger partial charge >= 0.3 is 5.97 Å². The van der Waals surface area contributed by atoms with E-state index in [1.54, 1.807) is 0 Å². The zero-order chi connectivity index (χ0) is 6.65. The van der Waals surface area contributed by atoms with E-state index < -0.39 is 11.5 Å². The van der Waals surface area contributed by atoms with Gasteiger partial charge in [-0.25, -0.2) is 0 Å². The molecule has 50 valence electrons. The van der Waals surface area contributed by atoms with Crippen LogP contribution in [0.3, 0.4) is 0 Å². The lowest BCUT2D eigenvalue weighted by molar-refractivity contribution is -0.140. The van der Waals surface area contributed by atoms with Crippen molar-refractivity contribution in [2.75, 3.05) is 0 Å². The first-order valence-electron chi connectivity index (χ1n) is 3.19. The van der Waals surface area contributed by atoms with E-state index in [1.165, 1.54) is 0 Å². The highest BCUT2D eigenvalue weighted by atomic mass is 16.4. The van der Waals surface area contributed by atoms with Crippen LogP contribution in [-0.4, -0.2) is 16.6 Å². The number of aliphatic carboxylic acids is 1. The zero-order valence-corrected chi connectivity index (χ0v) is 5.00. The third-order valence-corrected chi connectivity index (χ3v) is 2.76. The van der Waals surface area contributed by atoms with Crippen LogP contribution >= 0.6 is 0 Å². The van der Waals surface area contributed by atoms with E-state index in [2.05, 4.69) is 0 Å². The lowest BCUT2D eigenvalue weighted by atomic mass is 10.0. The number of carboxylic acids is 1. The molecule has 2 rings (SSSR count). The molecule has 0 aromatic rings. The van der Waals surface area contributed by atoms with Gasteiger partial charge < -0.3 is 10.8 Å². The van der Waals surface area contributed by atoms with Crippen LogP contribution in [-0.2, 0) is 4.79 Å². The highest BCUT2D eigenvalue weighted by molar-refractivity contribution is 5.84. The van der Waals surface area contributed by atoms with Crippen molar-refractivity contribution in [2.24, 2.45) is 17.6 Å². The summed E-state index contributed by atoms with van der Waals surface area (Å²) in [5.41, 5.74) is 4.73. The van der Waals surface area contributed by atoms with Gasteiger partial charge in [-0.1, -0.05) is 0 Å². The molecule has 3 heteroatoms. The van der Waals surface area contributed by atoms with Crippen molar-refractivity contribution in [3.05, 3.63) is 0 Å². The molecule has 1 unspecified atom stereocenters. The van der Waals surface area contributed by atoms with Gasteiger partial charge in [0, 0.05) is 0 Å². The number of hydrogen-bond acceptors (Lipinski definition) is 2. The van der Waals surface area contributed by atoms with Crippen molar-refractivity contribution in [1.29, 1.82) is 0 Å². The fraction of sp³-hybridized carbons (Fsp3) is 0.833. The molecule has 0 radical (unpaired) electrons. The highest BCUT2D eigenvalue weighted by Crippen LogP contribution is 2.62. The molecule has 3 atom stereocenters. The highest BCUT2D eigenvalue weighted by Gasteiger charge is 2.72. The van der Waals surface area contributed by atoms with Gasteiger partial charge in [-0.2, -0.15) is 0 Å². The first-order chi connectivity index (χ1) is 4.17. The standard InChI is InChI=1S/C6H9NO2/c7-6(5(8)9)3-1-2-4(3)6/h3-4H,1-2,7H2,(H,8,9)/t3-,4+,6?. The minimum Gasteiger partial charge on any atom is -0.480 e. The number of hydrogen-bond donors (Lipinski definition) is 2. The maximum atomic E-state index is 10.4. The first-order valence-corrected chi connectivity index (χ1v) is 3.19. The second-order valence-electron chi connectivity index (χ2n) is 3.03. The summed E-state index contributed by atoms with van der Waals surface area (Å²) >= 11 is 0. The molecule has 0 aromatic heterocycles. The molecular formula is C6H9NO2. The van der Waals surface area contributed by atoms with Crippen LogP contribution in [0.4, 0.5) is 0 Å². The van der Waals surface area contributed by atoms with Crippen molar-refractivity contribution in [1.82, 2.24) is 0 Å². The number of fused-ring (bicyclic) bond motifs is 1. The number of carboxylic acid groups (broad SMARTS) is 1. The Morgan fingerprint density at radius 2 is 2.00 bits per heavy atom. The number of rotatable bonds is 1. The van der Waals surface area contributed by atoms with E-state index in [9.17, 15) is 4.79 Å². The summed E-state index contributed by atoms with van der Waals surface area (Å²) in [5, 5.41) is 8.57. The predicted molar refractivity (Wildman–Crippen MR) is 30.8 cm³/mol. The minimum atomic E-state index is -0.810. The third kappa shape index (κ3) is 0.367. The Hall–Kier alpha value is -0.570. The molecule has 0 amide bonds. The zero-order valence-electron chi connectivity index (χ0n) is 5.00. The summed E-state index contributed by atoms with van der Waals surface area (Å²) in [5.74, 6) is -0.181. The molecule has 2 fully saturated rings. The van der Waals surface area contributed by atoms with E-state index in [-0.39, 0.29) is 0 Å². The van der Waals surface area contributed by atoms with Gasteiger partial charge in [0.1, 0.15) is 5.54 Å². The smallest absolute Gasteiger partial charge is 0.324 e. The number of carbonyl (C=O) groups is 1. The van der Waals surface area contributed by atoms with Gasteiger partial charge in [0.25, 0.3) is 0 Å². The van der Waals surface area contributed by atoms with Gasteiger partial charge in [0.15, 0.2) is 0 Å². The molecule has 0 aromatic carbocycles. The maximum absolute atomic E-state index is 10.4. The van der Waals surface area contributed by atoms with Crippen LogP contribution in [0.25, 0.3) is 0 Å². The van der Waals surface area contributed by atoms with E-state index >= 15 is 0 Å². The first kappa shape index (κ1) is 5.23. The van der Waals surface area contributed by atoms with Crippen molar-refractivity contribution in [3.8, 4) is 0 Å². The molecule has 0 bridgehead atoms. The molecule has 3 N–H and O–H groups in total. The minimum absolute atomic E-state index is 0.315.